The van der Waals surface area contributed by atoms with E-state index in [2.05, 4.69) is 10.3 Å². The van der Waals surface area contributed by atoms with Crippen LogP contribution in [0, 0.1) is 17.2 Å². The van der Waals surface area contributed by atoms with Gasteiger partial charge < -0.3 is 10.1 Å². The Labute approximate surface area is 154 Å². The SMILES string of the molecule is CCCNC(=O)C(C#N)C(=O)c1csc(COc2ccc(Cl)cc2)n1. The third-order valence-electron chi connectivity index (χ3n) is 3.18. The number of ketones is 1. The van der Waals surface area contributed by atoms with Gasteiger partial charge in [-0.25, -0.2) is 4.98 Å². The maximum absolute atomic E-state index is 12.3. The van der Waals surface area contributed by atoms with Gasteiger partial charge >= 0.3 is 0 Å². The van der Waals surface area contributed by atoms with Crippen LogP contribution < -0.4 is 10.1 Å². The zero-order valence-electron chi connectivity index (χ0n) is 13.5. The Hall–Kier alpha value is -2.43. The summed E-state index contributed by atoms with van der Waals surface area (Å²) >= 11 is 7.04. The van der Waals surface area contributed by atoms with Crippen LogP contribution in [0.25, 0.3) is 0 Å². The molecule has 0 aliphatic carbocycles. The summed E-state index contributed by atoms with van der Waals surface area (Å²) in [5, 5.41) is 14.4. The number of carbonyl (C=O) groups is 2. The van der Waals surface area contributed by atoms with Gasteiger partial charge in [-0.3, -0.25) is 9.59 Å². The largest absolute Gasteiger partial charge is 0.486 e. The molecular weight excluding hydrogens is 362 g/mol. The Morgan fingerprint density at radius 3 is 2.76 bits per heavy atom. The molecule has 2 rings (SSSR count). The quantitative estimate of drug-likeness (QED) is 0.563. The van der Waals surface area contributed by atoms with Crippen LogP contribution in [-0.4, -0.2) is 23.2 Å². The molecular formula is C17H16ClN3O3S. The van der Waals surface area contributed by atoms with Crippen molar-refractivity contribution in [2.45, 2.75) is 20.0 Å². The molecule has 0 fully saturated rings. The van der Waals surface area contributed by atoms with Crippen molar-refractivity contribution in [1.82, 2.24) is 10.3 Å². The van der Waals surface area contributed by atoms with E-state index in [1.807, 2.05) is 6.92 Å². The van der Waals surface area contributed by atoms with E-state index in [0.29, 0.717) is 22.3 Å². The molecule has 25 heavy (non-hydrogen) atoms. The minimum Gasteiger partial charge on any atom is -0.486 e. The number of nitrogens with one attached hydrogen (secondary N) is 1. The highest BCUT2D eigenvalue weighted by atomic mass is 35.5. The Balaban J connectivity index is 1.99. The summed E-state index contributed by atoms with van der Waals surface area (Å²) in [6, 6.07) is 8.61. The predicted molar refractivity (Wildman–Crippen MR) is 94.6 cm³/mol. The number of Topliss-reactive ketones (excluding diaryl/α,β-unsaturated/α-hetero) is 1. The summed E-state index contributed by atoms with van der Waals surface area (Å²) in [5.74, 6) is -1.97. The summed E-state index contributed by atoms with van der Waals surface area (Å²) in [5.41, 5.74) is 0.0953. The maximum Gasteiger partial charge on any atom is 0.245 e. The minimum atomic E-state index is -1.39. The fraction of sp³-hybridized carbons (Fsp3) is 0.294. The minimum absolute atomic E-state index is 0.0953. The van der Waals surface area contributed by atoms with E-state index in [4.69, 9.17) is 21.6 Å². The molecule has 0 spiro atoms. The first-order chi connectivity index (χ1) is 12.0. The van der Waals surface area contributed by atoms with Crippen molar-refractivity contribution >= 4 is 34.6 Å². The van der Waals surface area contributed by atoms with Crippen LogP contribution in [0.5, 0.6) is 5.75 Å². The lowest BCUT2D eigenvalue weighted by atomic mass is 10.0. The van der Waals surface area contributed by atoms with Gasteiger partial charge in [0.1, 0.15) is 23.1 Å². The maximum atomic E-state index is 12.3. The monoisotopic (exact) mass is 377 g/mol. The van der Waals surface area contributed by atoms with Crippen LogP contribution in [-0.2, 0) is 11.4 Å². The number of aromatic nitrogens is 1. The lowest BCUT2D eigenvalue weighted by Gasteiger charge is -2.07. The number of ether oxygens (including phenoxy) is 1. The molecule has 1 atom stereocenters. The van der Waals surface area contributed by atoms with E-state index < -0.39 is 17.6 Å². The summed E-state index contributed by atoms with van der Waals surface area (Å²) in [6.45, 7) is 2.48. The molecule has 2 aromatic rings. The van der Waals surface area contributed by atoms with Crippen molar-refractivity contribution in [2.75, 3.05) is 6.54 Å². The lowest BCUT2D eigenvalue weighted by Crippen LogP contribution is -2.35. The molecule has 0 aliphatic heterocycles. The Morgan fingerprint density at radius 1 is 1.40 bits per heavy atom. The zero-order chi connectivity index (χ0) is 18.2. The lowest BCUT2D eigenvalue weighted by molar-refractivity contribution is -0.122. The number of nitriles is 1. The van der Waals surface area contributed by atoms with Crippen LogP contribution in [0.2, 0.25) is 5.02 Å². The third kappa shape index (κ3) is 5.28. The first-order valence-corrected chi connectivity index (χ1v) is 8.85. The number of rotatable bonds is 8. The number of hydrogen-bond acceptors (Lipinski definition) is 6. The van der Waals surface area contributed by atoms with Gasteiger partial charge in [0.25, 0.3) is 0 Å². The molecule has 1 heterocycles. The molecule has 0 radical (unpaired) electrons. The van der Waals surface area contributed by atoms with Crippen LogP contribution >= 0.6 is 22.9 Å². The Bertz CT molecular complexity index is 783. The highest BCUT2D eigenvalue weighted by molar-refractivity contribution is 7.09. The van der Waals surface area contributed by atoms with Crippen molar-refractivity contribution < 1.29 is 14.3 Å². The summed E-state index contributed by atoms with van der Waals surface area (Å²) in [4.78, 5) is 28.4. The van der Waals surface area contributed by atoms with Gasteiger partial charge in [-0.1, -0.05) is 18.5 Å². The number of carbonyl (C=O) groups excluding carboxylic acids is 2. The second-order valence-electron chi connectivity index (χ2n) is 5.09. The van der Waals surface area contributed by atoms with Gasteiger partial charge in [0.2, 0.25) is 11.7 Å². The van der Waals surface area contributed by atoms with Crippen LogP contribution in [0.4, 0.5) is 0 Å². The van der Waals surface area contributed by atoms with E-state index >= 15 is 0 Å². The molecule has 1 amide bonds. The first kappa shape index (κ1) is 18.9. The highest BCUT2D eigenvalue weighted by Gasteiger charge is 2.29. The standard InChI is InChI=1S/C17H16ClN3O3S/c1-2-7-20-17(23)13(8-19)16(22)14-10-25-15(21-14)9-24-12-5-3-11(18)4-6-12/h3-6,10,13H,2,7,9H2,1H3,(H,20,23). The molecule has 6 nitrogen and oxygen atoms in total. The van der Waals surface area contributed by atoms with E-state index in [1.165, 1.54) is 16.7 Å². The van der Waals surface area contributed by atoms with E-state index in [0.717, 1.165) is 6.42 Å². The van der Waals surface area contributed by atoms with Gasteiger partial charge in [-0.15, -0.1) is 11.3 Å². The third-order valence-corrected chi connectivity index (χ3v) is 4.26. The summed E-state index contributed by atoms with van der Waals surface area (Å²) in [6.07, 6.45) is 0.723. The van der Waals surface area contributed by atoms with E-state index in [-0.39, 0.29) is 12.3 Å². The van der Waals surface area contributed by atoms with Gasteiger partial charge in [-0.2, -0.15) is 5.26 Å². The topological polar surface area (TPSA) is 92.1 Å². The van der Waals surface area contributed by atoms with Crippen LogP contribution in [0.15, 0.2) is 29.6 Å². The molecule has 1 aromatic carbocycles. The number of hydrogen-bond donors (Lipinski definition) is 1. The zero-order valence-corrected chi connectivity index (χ0v) is 15.1. The van der Waals surface area contributed by atoms with Gasteiger partial charge in [0, 0.05) is 16.9 Å². The van der Waals surface area contributed by atoms with Gasteiger partial charge in [0.15, 0.2) is 5.92 Å². The number of halogens is 1. The van der Waals surface area contributed by atoms with Gasteiger partial charge in [-0.05, 0) is 30.7 Å². The number of amides is 1. The molecule has 1 unspecified atom stereocenters. The fourth-order valence-corrected chi connectivity index (χ4v) is 2.72. The molecule has 0 bridgehead atoms. The summed E-state index contributed by atoms with van der Waals surface area (Å²) in [7, 11) is 0. The van der Waals surface area contributed by atoms with Crippen LogP contribution in [0.3, 0.4) is 0 Å². The second-order valence-corrected chi connectivity index (χ2v) is 6.47. The van der Waals surface area contributed by atoms with Gasteiger partial charge in [0.05, 0.1) is 6.07 Å². The molecule has 0 aliphatic rings. The Kier molecular flexibility index (Phi) is 6.92. The molecule has 1 N–H and O–H groups in total. The first-order valence-electron chi connectivity index (χ1n) is 7.59. The van der Waals surface area contributed by atoms with E-state index in [1.54, 1.807) is 30.3 Å². The van der Waals surface area contributed by atoms with E-state index in [9.17, 15) is 9.59 Å². The van der Waals surface area contributed by atoms with Crippen molar-refractivity contribution in [3.8, 4) is 11.8 Å². The molecule has 8 heteroatoms. The normalized spacial score (nSPS) is 11.4. The van der Waals surface area contributed by atoms with Crippen molar-refractivity contribution in [2.24, 2.45) is 5.92 Å². The number of thiazole rings is 1. The molecule has 0 saturated heterocycles. The average Bonchev–Trinajstić information content (AvgIpc) is 3.09. The summed E-state index contributed by atoms with van der Waals surface area (Å²) < 4.78 is 5.56. The fourth-order valence-electron chi connectivity index (χ4n) is 1.90. The van der Waals surface area contributed by atoms with Crippen LogP contribution in [0.1, 0.15) is 28.8 Å². The number of benzene rings is 1. The smallest absolute Gasteiger partial charge is 0.245 e. The average molecular weight is 378 g/mol. The Morgan fingerprint density at radius 2 is 2.12 bits per heavy atom. The molecule has 0 saturated carbocycles. The highest BCUT2D eigenvalue weighted by Crippen LogP contribution is 2.19. The number of nitrogens with zero attached hydrogens (tertiary/aromatic N) is 2. The predicted octanol–water partition coefficient (Wildman–Crippen LogP) is 3.22. The molecule has 1 aromatic heterocycles. The van der Waals surface area contributed by atoms with Crippen molar-refractivity contribution in [3.05, 3.63) is 45.4 Å². The van der Waals surface area contributed by atoms with Crippen molar-refractivity contribution in [3.63, 3.8) is 0 Å². The second kappa shape index (κ2) is 9.16. The van der Waals surface area contributed by atoms with Crippen molar-refractivity contribution in [1.29, 1.82) is 5.26 Å². The molecule has 130 valence electrons.